The number of fused-ring (bicyclic) bond motifs is 13. The van der Waals surface area contributed by atoms with Crippen molar-refractivity contribution in [2.75, 3.05) is 4.90 Å². The summed E-state index contributed by atoms with van der Waals surface area (Å²) in [6.45, 7) is 23.4. The zero-order valence-electron chi connectivity index (χ0n) is 49.3. The van der Waals surface area contributed by atoms with E-state index in [1.54, 1.807) is 0 Å². The first kappa shape index (κ1) is 54.1. The van der Waals surface area contributed by atoms with Gasteiger partial charge < -0.3 is 23.3 Å². The minimum atomic E-state index is -1.77. The number of anilines is 2. The van der Waals surface area contributed by atoms with E-state index in [0.29, 0.717) is 11.5 Å². The van der Waals surface area contributed by atoms with Gasteiger partial charge in [0.1, 0.15) is 5.82 Å². The summed E-state index contributed by atoms with van der Waals surface area (Å²) in [6, 6.07) is 85.3. The van der Waals surface area contributed by atoms with Crippen LogP contribution in [0.2, 0.25) is 19.6 Å². The van der Waals surface area contributed by atoms with Crippen LogP contribution in [-0.4, -0.2) is 26.8 Å². The van der Waals surface area contributed by atoms with Crippen LogP contribution >= 0.6 is 0 Å². The summed E-state index contributed by atoms with van der Waals surface area (Å²) in [5, 5.41) is 13.1. The van der Waals surface area contributed by atoms with E-state index in [0.717, 1.165) is 77.5 Å². The van der Waals surface area contributed by atoms with Gasteiger partial charge in [0.15, 0.2) is 0 Å². The van der Waals surface area contributed by atoms with E-state index in [4.69, 9.17) is 9.72 Å². The fourth-order valence-electron chi connectivity index (χ4n) is 13.0. The molecule has 0 amide bonds. The minimum Gasteiger partial charge on any atom is -0.509 e. The number of aromatic nitrogens is 4. The zero-order chi connectivity index (χ0) is 57.4. The first-order chi connectivity index (χ1) is 40.6. The Kier molecular flexibility index (Phi) is 12.8. The van der Waals surface area contributed by atoms with Gasteiger partial charge in [-0.05, 0) is 131 Å². The number of hydrogen-bond donors (Lipinski definition) is 0. The molecule has 0 spiro atoms. The standard InChI is InChI=1S/C77H64N5OSi.Pt/c1-76(2,3)50-39-40-78-72(44-50)82-68-37-19-16-31-65(68)73-70(81-66-35-17-14-29-61(66)62-30-15-18-36-67(62)81)46-54(47-71(73)82)83-53-24-20-23-52(45-53)79-48-80-74-56(49-41-51(77(4,5)6)43-55(42-49)84(7,8)9)32-21-33-63(74)59-27-12-10-25-57(59)58-26-11-13-28-60(58)64-34-22-38-69(79)75(64)80;/h10-44,46,48H,1-9H3;/q-3;. The molecule has 0 bridgehead atoms. The third kappa shape index (κ3) is 8.93. The molecule has 6 nitrogen and oxygen atoms in total. The monoisotopic (exact) mass is 1300 g/mol. The fraction of sp³-hybridized carbons (Fsp3) is 0.143. The average molecular weight is 1300 g/mol. The first-order valence-electron chi connectivity index (χ1n) is 29.3. The molecule has 14 aromatic rings. The Morgan fingerprint density at radius 2 is 1.00 bits per heavy atom. The van der Waals surface area contributed by atoms with Gasteiger partial charge >= 0.3 is 0 Å². The number of para-hydroxylation sites is 5. The van der Waals surface area contributed by atoms with Crippen LogP contribution in [0, 0.1) is 18.8 Å². The van der Waals surface area contributed by atoms with Crippen molar-refractivity contribution >= 4 is 112 Å². The molecular weight excluding hydrogens is 1230 g/mol. The third-order valence-corrected chi connectivity index (χ3v) is 19.3. The fourth-order valence-corrected chi connectivity index (χ4v) is 14.2. The van der Waals surface area contributed by atoms with Crippen molar-refractivity contribution in [3.63, 3.8) is 0 Å². The van der Waals surface area contributed by atoms with E-state index in [-0.39, 0.29) is 31.9 Å². The molecule has 85 heavy (non-hydrogen) atoms. The van der Waals surface area contributed by atoms with Crippen LogP contribution in [0.1, 0.15) is 52.7 Å². The summed E-state index contributed by atoms with van der Waals surface area (Å²) in [6.07, 6.45) is 1.93. The van der Waals surface area contributed by atoms with Crippen molar-refractivity contribution < 1.29 is 25.8 Å². The number of ether oxygens (including phenoxy) is 1. The second-order valence-corrected chi connectivity index (χ2v) is 30.8. The summed E-state index contributed by atoms with van der Waals surface area (Å²) >= 11 is 0. The molecule has 0 saturated carbocycles. The number of pyridine rings is 1. The smallest absolute Gasteiger partial charge is 0.135 e. The molecular formula is C77H64N5OPtSi-3. The first-order valence-corrected chi connectivity index (χ1v) is 32.8. The molecule has 420 valence electrons. The molecule has 0 N–H and O–H groups in total. The average Bonchev–Trinajstić information content (AvgIpc) is 1.70. The Morgan fingerprint density at radius 3 is 1.62 bits per heavy atom. The molecule has 0 radical (unpaired) electrons. The van der Waals surface area contributed by atoms with Gasteiger partial charge in [0.25, 0.3) is 0 Å². The maximum absolute atomic E-state index is 7.24. The van der Waals surface area contributed by atoms with Crippen molar-refractivity contribution in [2.24, 2.45) is 0 Å². The molecule has 0 aliphatic carbocycles. The predicted molar refractivity (Wildman–Crippen MR) is 357 cm³/mol. The Balaban J connectivity index is 0.00000640. The van der Waals surface area contributed by atoms with E-state index in [1.165, 1.54) is 59.8 Å². The number of hydrogen-bond acceptors (Lipinski definition) is 3. The summed E-state index contributed by atoms with van der Waals surface area (Å²) in [5.74, 6) is 1.95. The molecule has 8 heteroatoms. The van der Waals surface area contributed by atoms with Crippen molar-refractivity contribution in [2.45, 2.75) is 72.0 Å². The van der Waals surface area contributed by atoms with E-state index < -0.39 is 8.07 Å². The summed E-state index contributed by atoms with van der Waals surface area (Å²) in [5.41, 5.74) is 14.0. The molecule has 4 aromatic heterocycles. The van der Waals surface area contributed by atoms with Crippen LogP contribution < -0.4 is 14.8 Å². The molecule has 0 unspecified atom stereocenters. The van der Waals surface area contributed by atoms with Gasteiger partial charge in [-0.2, -0.15) is 6.07 Å². The molecule has 0 saturated heterocycles. The van der Waals surface area contributed by atoms with E-state index in [9.17, 15) is 0 Å². The van der Waals surface area contributed by atoms with Gasteiger partial charge in [-0.25, -0.2) is 4.98 Å². The summed E-state index contributed by atoms with van der Waals surface area (Å²) in [7, 11) is -1.77. The Morgan fingerprint density at radius 1 is 0.459 bits per heavy atom. The normalized spacial score (nSPS) is 12.7. The minimum absolute atomic E-state index is 0. The number of benzene rings is 10. The van der Waals surface area contributed by atoms with Crippen LogP contribution in [0.5, 0.6) is 11.5 Å². The van der Waals surface area contributed by atoms with Crippen LogP contribution in [0.15, 0.2) is 219 Å². The number of nitrogens with zero attached hydrogens (tertiary/aromatic N) is 5. The van der Waals surface area contributed by atoms with Crippen LogP contribution in [0.3, 0.4) is 0 Å². The molecule has 1 aliphatic rings. The van der Waals surface area contributed by atoms with Crippen LogP contribution in [0.4, 0.5) is 11.4 Å². The SMILES string of the molecule is CC(C)(C)c1cc(-c2cccc3c4ccccc4c4ccccc4c4cccc5c4n(c23)[CH-]N5c2[c-]c(Oc3[c-]c4c(c(-n5c6ccccc6c6ccccc65)c3)c3ccccc3n4-c3cc(C(C)(C)C)ccn3)ccc2)cc([Si](C)(C)C)c1.[Pt]. The number of rotatable bonds is 7. The van der Waals surface area contributed by atoms with E-state index in [1.807, 2.05) is 12.3 Å². The van der Waals surface area contributed by atoms with Gasteiger partial charge in [0.2, 0.25) is 0 Å². The quantitative estimate of drug-likeness (QED) is 0.118. The van der Waals surface area contributed by atoms with Crippen molar-refractivity contribution in [3.05, 3.63) is 248 Å². The van der Waals surface area contributed by atoms with E-state index in [2.05, 4.69) is 305 Å². The molecule has 5 heterocycles. The summed E-state index contributed by atoms with van der Waals surface area (Å²) in [4.78, 5) is 7.38. The Labute approximate surface area is 512 Å². The molecule has 15 rings (SSSR count). The second-order valence-electron chi connectivity index (χ2n) is 25.7. The topological polar surface area (TPSA) is 40.1 Å². The molecule has 0 atom stereocenters. The van der Waals surface area contributed by atoms with Crippen molar-refractivity contribution in [1.82, 2.24) is 18.7 Å². The second kappa shape index (κ2) is 20.2. The maximum Gasteiger partial charge on any atom is 0.135 e. The van der Waals surface area contributed by atoms with Gasteiger partial charge in [0, 0.05) is 60.7 Å². The van der Waals surface area contributed by atoms with Gasteiger partial charge in [-0.3, -0.25) is 0 Å². The van der Waals surface area contributed by atoms with Gasteiger partial charge in [-0.1, -0.05) is 235 Å². The predicted octanol–water partition coefficient (Wildman–Crippen LogP) is 20.1. The maximum atomic E-state index is 7.24. The third-order valence-electron chi connectivity index (χ3n) is 17.3. The molecule has 0 fully saturated rings. The van der Waals surface area contributed by atoms with Crippen molar-refractivity contribution in [3.8, 4) is 34.1 Å². The molecule has 1 aliphatic heterocycles. The molecule has 10 aromatic carbocycles. The van der Waals surface area contributed by atoms with Gasteiger partial charge in [-0.15, -0.1) is 30.3 Å². The Hall–Kier alpha value is -8.87. The van der Waals surface area contributed by atoms with E-state index >= 15 is 0 Å². The van der Waals surface area contributed by atoms with Crippen LogP contribution in [-0.2, 0) is 31.9 Å². The van der Waals surface area contributed by atoms with Crippen molar-refractivity contribution in [1.29, 1.82) is 0 Å². The van der Waals surface area contributed by atoms with Gasteiger partial charge in [0.05, 0.1) is 19.1 Å². The zero-order valence-corrected chi connectivity index (χ0v) is 52.6. The summed E-state index contributed by atoms with van der Waals surface area (Å²) < 4.78 is 14.4. The largest absolute Gasteiger partial charge is 0.509 e. The van der Waals surface area contributed by atoms with Crippen LogP contribution in [0.25, 0.3) is 110 Å². The Bertz CT molecular complexity index is 5040.